The lowest BCUT2D eigenvalue weighted by Gasteiger charge is -2.01. The van der Waals surface area contributed by atoms with E-state index in [0.717, 1.165) is 11.6 Å². The number of carboxylic acid groups (broad SMARTS) is 1. The van der Waals surface area contributed by atoms with Crippen molar-refractivity contribution >= 4 is 12.0 Å². The van der Waals surface area contributed by atoms with E-state index in [0.29, 0.717) is 11.5 Å². The van der Waals surface area contributed by atoms with E-state index in [1.54, 1.807) is 12.3 Å². The zero-order chi connectivity index (χ0) is 13.0. The van der Waals surface area contributed by atoms with Gasteiger partial charge in [0.05, 0.1) is 5.69 Å². The summed E-state index contributed by atoms with van der Waals surface area (Å²) in [5, 5.41) is 8.56. The highest BCUT2D eigenvalue weighted by Gasteiger charge is 2.01. The number of hydrogen-bond acceptors (Lipinski definition) is 3. The van der Waals surface area contributed by atoms with Crippen LogP contribution in [0.4, 0.5) is 0 Å². The number of aryl methyl sites for hydroxylation is 1. The van der Waals surface area contributed by atoms with E-state index in [-0.39, 0.29) is 0 Å². The van der Waals surface area contributed by atoms with Crippen LogP contribution < -0.4 is 0 Å². The SMILES string of the molecule is Cc1ccc(-c2nccc(/C=C/C(=O)O)n2)cc1. The third-order valence-corrected chi connectivity index (χ3v) is 2.38. The summed E-state index contributed by atoms with van der Waals surface area (Å²) in [7, 11) is 0. The fourth-order valence-corrected chi connectivity index (χ4v) is 1.46. The van der Waals surface area contributed by atoms with Crippen molar-refractivity contribution in [3.05, 3.63) is 53.9 Å². The minimum atomic E-state index is -0.995. The first-order valence-corrected chi connectivity index (χ1v) is 5.46. The third-order valence-electron chi connectivity index (χ3n) is 2.38. The number of rotatable bonds is 3. The molecule has 1 aromatic carbocycles. The Morgan fingerprint density at radius 1 is 1.22 bits per heavy atom. The molecule has 18 heavy (non-hydrogen) atoms. The van der Waals surface area contributed by atoms with E-state index in [9.17, 15) is 4.79 Å². The van der Waals surface area contributed by atoms with Crippen LogP contribution in [0.15, 0.2) is 42.6 Å². The summed E-state index contributed by atoms with van der Waals surface area (Å²) in [5.74, 6) is -0.409. The first-order chi connectivity index (χ1) is 8.65. The molecular formula is C14H12N2O2. The number of aliphatic carboxylic acids is 1. The molecule has 0 saturated carbocycles. The highest BCUT2D eigenvalue weighted by molar-refractivity contribution is 5.84. The molecule has 0 unspecified atom stereocenters. The molecule has 0 aliphatic rings. The number of carbonyl (C=O) groups is 1. The summed E-state index contributed by atoms with van der Waals surface area (Å²) in [6.07, 6.45) is 4.12. The molecule has 2 rings (SSSR count). The fourth-order valence-electron chi connectivity index (χ4n) is 1.46. The Hall–Kier alpha value is -2.49. The largest absolute Gasteiger partial charge is 0.478 e. The predicted molar refractivity (Wildman–Crippen MR) is 68.9 cm³/mol. The van der Waals surface area contributed by atoms with Gasteiger partial charge in [-0.2, -0.15) is 0 Å². The molecule has 1 aromatic heterocycles. The average molecular weight is 240 g/mol. The van der Waals surface area contributed by atoms with E-state index < -0.39 is 5.97 Å². The molecule has 0 saturated heterocycles. The maximum Gasteiger partial charge on any atom is 0.328 e. The maximum atomic E-state index is 10.4. The first-order valence-electron chi connectivity index (χ1n) is 5.46. The van der Waals surface area contributed by atoms with Gasteiger partial charge in [0.25, 0.3) is 0 Å². The molecule has 0 radical (unpaired) electrons. The van der Waals surface area contributed by atoms with Crippen LogP contribution >= 0.6 is 0 Å². The van der Waals surface area contributed by atoms with Gasteiger partial charge in [0, 0.05) is 17.8 Å². The lowest BCUT2D eigenvalue weighted by molar-refractivity contribution is -0.131. The van der Waals surface area contributed by atoms with Crippen molar-refractivity contribution in [1.29, 1.82) is 0 Å². The Morgan fingerprint density at radius 3 is 2.61 bits per heavy atom. The Kier molecular flexibility index (Phi) is 3.48. The lowest BCUT2D eigenvalue weighted by atomic mass is 10.1. The van der Waals surface area contributed by atoms with E-state index in [2.05, 4.69) is 9.97 Å². The molecule has 0 spiro atoms. The van der Waals surface area contributed by atoms with Gasteiger partial charge in [-0.05, 0) is 19.1 Å². The van der Waals surface area contributed by atoms with E-state index in [1.807, 2.05) is 31.2 Å². The monoisotopic (exact) mass is 240 g/mol. The second-order valence-corrected chi connectivity index (χ2v) is 3.84. The lowest BCUT2D eigenvalue weighted by Crippen LogP contribution is -1.92. The zero-order valence-electron chi connectivity index (χ0n) is 9.87. The molecule has 4 nitrogen and oxygen atoms in total. The van der Waals surface area contributed by atoms with Crippen molar-refractivity contribution < 1.29 is 9.90 Å². The van der Waals surface area contributed by atoms with E-state index in [4.69, 9.17) is 5.11 Å². The van der Waals surface area contributed by atoms with Crippen molar-refractivity contribution in [1.82, 2.24) is 9.97 Å². The Bertz CT molecular complexity index is 589. The molecule has 1 N–H and O–H groups in total. The highest BCUT2D eigenvalue weighted by Crippen LogP contribution is 2.15. The zero-order valence-corrected chi connectivity index (χ0v) is 9.87. The van der Waals surface area contributed by atoms with Gasteiger partial charge < -0.3 is 5.11 Å². The van der Waals surface area contributed by atoms with Gasteiger partial charge in [-0.15, -0.1) is 0 Å². The van der Waals surface area contributed by atoms with Crippen molar-refractivity contribution in [2.75, 3.05) is 0 Å². The molecule has 0 aliphatic carbocycles. The van der Waals surface area contributed by atoms with Crippen LogP contribution in [-0.2, 0) is 4.79 Å². The van der Waals surface area contributed by atoms with Gasteiger partial charge in [-0.25, -0.2) is 14.8 Å². The molecule has 0 fully saturated rings. The van der Waals surface area contributed by atoms with Gasteiger partial charge >= 0.3 is 5.97 Å². The van der Waals surface area contributed by atoms with Crippen LogP contribution in [0.25, 0.3) is 17.5 Å². The molecule has 0 aliphatic heterocycles. The number of aromatic nitrogens is 2. The third kappa shape index (κ3) is 3.01. The van der Waals surface area contributed by atoms with E-state index >= 15 is 0 Å². The fraction of sp³-hybridized carbons (Fsp3) is 0.0714. The molecule has 0 amide bonds. The second kappa shape index (κ2) is 5.23. The summed E-state index contributed by atoms with van der Waals surface area (Å²) in [4.78, 5) is 18.9. The minimum Gasteiger partial charge on any atom is -0.478 e. The van der Waals surface area contributed by atoms with Gasteiger partial charge in [-0.3, -0.25) is 0 Å². The van der Waals surface area contributed by atoms with Crippen LogP contribution in [0.2, 0.25) is 0 Å². The van der Waals surface area contributed by atoms with Gasteiger partial charge in [0.15, 0.2) is 5.82 Å². The maximum absolute atomic E-state index is 10.4. The first kappa shape index (κ1) is 12.0. The average Bonchev–Trinajstić information content (AvgIpc) is 2.37. The molecule has 90 valence electrons. The van der Waals surface area contributed by atoms with Crippen molar-refractivity contribution in [3.63, 3.8) is 0 Å². The minimum absolute atomic E-state index is 0.572. The van der Waals surface area contributed by atoms with Crippen LogP contribution in [0.5, 0.6) is 0 Å². The normalized spacial score (nSPS) is 10.7. The second-order valence-electron chi connectivity index (χ2n) is 3.84. The van der Waals surface area contributed by atoms with Crippen LogP contribution in [-0.4, -0.2) is 21.0 Å². The summed E-state index contributed by atoms with van der Waals surface area (Å²) < 4.78 is 0. The van der Waals surface area contributed by atoms with Gasteiger partial charge in [0.2, 0.25) is 0 Å². The van der Waals surface area contributed by atoms with Crippen LogP contribution in [0, 0.1) is 6.92 Å². The van der Waals surface area contributed by atoms with Crippen molar-refractivity contribution in [2.45, 2.75) is 6.92 Å². The summed E-state index contributed by atoms with van der Waals surface area (Å²) in [6, 6.07) is 9.51. The topological polar surface area (TPSA) is 63.1 Å². The Balaban J connectivity index is 2.32. The number of carboxylic acids is 1. The molecule has 0 atom stereocenters. The quantitative estimate of drug-likeness (QED) is 0.837. The number of nitrogens with zero attached hydrogens (tertiary/aromatic N) is 2. The van der Waals surface area contributed by atoms with E-state index in [1.165, 1.54) is 11.6 Å². The number of benzene rings is 1. The smallest absolute Gasteiger partial charge is 0.328 e. The predicted octanol–water partition coefficient (Wildman–Crippen LogP) is 2.55. The molecule has 2 aromatic rings. The summed E-state index contributed by atoms with van der Waals surface area (Å²) in [5.41, 5.74) is 2.65. The summed E-state index contributed by atoms with van der Waals surface area (Å²) in [6.45, 7) is 2.01. The standard InChI is InChI=1S/C14H12N2O2/c1-10-2-4-11(5-3-10)14-15-9-8-12(16-14)6-7-13(17)18/h2-9H,1H3,(H,17,18)/b7-6+. The molecule has 4 heteroatoms. The van der Waals surface area contributed by atoms with Crippen molar-refractivity contribution in [2.24, 2.45) is 0 Å². The molecule has 1 heterocycles. The highest BCUT2D eigenvalue weighted by atomic mass is 16.4. The Morgan fingerprint density at radius 2 is 1.94 bits per heavy atom. The van der Waals surface area contributed by atoms with Gasteiger partial charge in [-0.1, -0.05) is 29.8 Å². The molecule has 0 bridgehead atoms. The summed E-state index contributed by atoms with van der Waals surface area (Å²) >= 11 is 0. The molecular weight excluding hydrogens is 228 g/mol. The van der Waals surface area contributed by atoms with Crippen LogP contribution in [0.3, 0.4) is 0 Å². The van der Waals surface area contributed by atoms with Gasteiger partial charge in [0.1, 0.15) is 0 Å². The van der Waals surface area contributed by atoms with Crippen LogP contribution in [0.1, 0.15) is 11.3 Å². The Labute approximate surface area is 105 Å². The van der Waals surface area contributed by atoms with Crippen molar-refractivity contribution in [3.8, 4) is 11.4 Å². The number of hydrogen-bond donors (Lipinski definition) is 1.